The van der Waals surface area contributed by atoms with Crippen LogP contribution in [-0.4, -0.2) is 59.5 Å². The molecule has 1 aliphatic rings. The molecule has 1 saturated heterocycles. The van der Waals surface area contributed by atoms with E-state index in [1.807, 2.05) is 17.5 Å². The van der Waals surface area contributed by atoms with Gasteiger partial charge in [0.05, 0.1) is 12.0 Å². The fourth-order valence-electron chi connectivity index (χ4n) is 3.19. The summed E-state index contributed by atoms with van der Waals surface area (Å²) < 4.78 is 22.5. The Labute approximate surface area is 162 Å². The van der Waals surface area contributed by atoms with E-state index < -0.39 is 39.0 Å². The SMILES string of the molecule is Nc1ncnc2c1c(-c1cccs1)cn2[C@@H]1O[C@H](COP(=O)(O)O)C(O)[C@@H]1O. The standard InChI is InChI=1S/C15H17N4O7PS/c16-13-10-7(9-2-1-3-28-9)4-19(14(10)18-6-17-13)15-12(21)11(20)8(26-15)5-25-27(22,23)24/h1-4,6,8,11-12,15,20-21H,5H2,(H2,16,17,18)(H2,22,23,24)/t8-,11?,12+,15-/m1/s1. The molecule has 0 spiro atoms. The van der Waals surface area contributed by atoms with E-state index in [1.54, 1.807) is 6.20 Å². The van der Waals surface area contributed by atoms with Gasteiger partial charge in [-0.25, -0.2) is 14.5 Å². The molecule has 13 heteroatoms. The molecule has 0 aromatic carbocycles. The van der Waals surface area contributed by atoms with Crippen molar-refractivity contribution in [3.05, 3.63) is 30.0 Å². The van der Waals surface area contributed by atoms with Crippen LogP contribution < -0.4 is 5.73 Å². The van der Waals surface area contributed by atoms with Crippen LogP contribution in [0.5, 0.6) is 0 Å². The highest BCUT2D eigenvalue weighted by atomic mass is 32.1. The molecule has 4 atom stereocenters. The van der Waals surface area contributed by atoms with Gasteiger partial charge in [-0.2, -0.15) is 0 Å². The van der Waals surface area contributed by atoms with E-state index >= 15 is 0 Å². The number of hydrogen-bond acceptors (Lipinski definition) is 9. The minimum Gasteiger partial charge on any atom is -0.387 e. The fourth-order valence-corrected chi connectivity index (χ4v) is 4.27. The van der Waals surface area contributed by atoms with Crippen LogP contribution in [-0.2, 0) is 13.8 Å². The van der Waals surface area contributed by atoms with E-state index in [2.05, 4.69) is 14.5 Å². The normalized spacial score (nSPS) is 25.6. The van der Waals surface area contributed by atoms with Crippen molar-refractivity contribution < 1.29 is 33.8 Å². The van der Waals surface area contributed by atoms with Crippen LogP contribution in [0.25, 0.3) is 21.5 Å². The van der Waals surface area contributed by atoms with Crippen molar-refractivity contribution in [1.29, 1.82) is 0 Å². The first-order chi connectivity index (χ1) is 13.3. The van der Waals surface area contributed by atoms with E-state index in [1.165, 1.54) is 22.2 Å². The summed E-state index contributed by atoms with van der Waals surface area (Å²) in [6.45, 7) is -0.590. The second kappa shape index (κ2) is 7.17. The quantitative estimate of drug-likeness (QED) is 0.359. The van der Waals surface area contributed by atoms with E-state index in [0.29, 0.717) is 11.0 Å². The molecule has 0 bridgehead atoms. The van der Waals surface area contributed by atoms with Crippen LogP contribution in [0.3, 0.4) is 0 Å². The van der Waals surface area contributed by atoms with Gasteiger partial charge in [-0.1, -0.05) is 6.07 Å². The zero-order chi connectivity index (χ0) is 20.1. The Morgan fingerprint density at radius 3 is 2.79 bits per heavy atom. The molecule has 4 rings (SSSR count). The number of fused-ring (bicyclic) bond motifs is 1. The third-order valence-corrected chi connectivity index (χ3v) is 5.83. The van der Waals surface area contributed by atoms with Crippen molar-refractivity contribution in [2.75, 3.05) is 12.3 Å². The monoisotopic (exact) mass is 428 g/mol. The number of nitrogens with zero attached hydrogens (tertiary/aromatic N) is 3. The predicted molar refractivity (Wildman–Crippen MR) is 99.2 cm³/mol. The van der Waals surface area contributed by atoms with Crippen LogP contribution in [0.1, 0.15) is 6.23 Å². The van der Waals surface area contributed by atoms with Crippen molar-refractivity contribution in [3.8, 4) is 10.4 Å². The maximum absolute atomic E-state index is 10.9. The minimum absolute atomic E-state index is 0.251. The summed E-state index contributed by atoms with van der Waals surface area (Å²) in [6.07, 6.45) is -2.04. The van der Waals surface area contributed by atoms with Gasteiger partial charge < -0.3 is 35.0 Å². The van der Waals surface area contributed by atoms with Gasteiger partial charge in [-0.05, 0) is 11.4 Å². The molecule has 150 valence electrons. The number of nitrogen functional groups attached to an aromatic ring is 1. The first kappa shape index (κ1) is 19.4. The molecular formula is C15H17N4O7PS. The number of hydrogen-bond donors (Lipinski definition) is 5. The summed E-state index contributed by atoms with van der Waals surface area (Å²) in [5, 5.41) is 23.2. The topological polar surface area (TPSA) is 173 Å². The molecule has 0 amide bonds. The number of phosphoric acid groups is 1. The lowest BCUT2D eigenvalue weighted by molar-refractivity contribution is -0.0501. The molecule has 0 aliphatic carbocycles. The maximum Gasteiger partial charge on any atom is 0.469 e. The van der Waals surface area contributed by atoms with Crippen molar-refractivity contribution >= 4 is 36.0 Å². The number of aliphatic hydroxyl groups is 2. The Kier molecular flexibility index (Phi) is 4.98. The number of phosphoric ester groups is 1. The Bertz CT molecular complexity index is 1040. The molecular weight excluding hydrogens is 411 g/mol. The number of rotatable bonds is 5. The summed E-state index contributed by atoms with van der Waals surface area (Å²) >= 11 is 1.48. The van der Waals surface area contributed by atoms with Gasteiger partial charge in [-0.3, -0.25) is 4.52 Å². The van der Waals surface area contributed by atoms with Crippen molar-refractivity contribution in [1.82, 2.24) is 14.5 Å². The third kappa shape index (κ3) is 3.45. The number of anilines is 1. The van der Waals surface area contributed by atoms with Crippen molar-refractivity contribution in [2.45, 2.75) is 24.5 Å². The molecule has 28 heavy (non-hydrogen) atoms. The number of thiophene rings is 1. The average molecular weight is 428 g/mol. The lowest BCUT2D eigenvalue weighted by Gasteiger charge is -2.17. The second-order valence-corrected chi connectivity index (χ2v) is 8.40. The molecule has 0 radical (unpaired) electrons. The predicted octanol–water partition coefficient (Wildman–Crippen LogP) is 0.470. The summed E-state index contributed by atoms with van der Waals surface area (Å²) in [4.78, 5) is 26.9. The zero-order valence-corrected chi connectivity index (χ0v) is 15.9. The van der Waals surface area contributed by atoms with Crippen LogP contribution in [0.2, 0.25) is 0 Å². The molecule has 1 unspecified atom stereocenters. The minimum atomic E-state index is -4.75. The summed E-state index contributed by atoms with van der Waals surface area (Å²) in [7, 11) is -4.75. The average Bonchev–Trinajstić information content (AvgIpc) is 3.33. The Balaban J connectivity index is 1.73. The molecule has 3 aromatic heterocycles. The number of ether oxygens (including phenoxy) is 1. The first-order valence-corrected chi connectivity index (χ1v) is 10.5. The van der Waals surface area contributed by atoms with Gasteiger partial charge in [0.2, 0.25) is 0 Å². The Morgan fingerprint density at radius 1 is 1.32 bits per heavy atom. The van der Waals surface area contributed by atoms with Crippen molar-refractivity contribution in [3.63, 3.8) is 0 Å². The molecule has 1 fully saturated rings. The molecule has 0 saturated carbocycles. The highest BCUT2D eigenvalue weighted by molar-refractivity contribution is 7.46. The Hall–Kier alpha value is -1.89. The molecule has 6 N–H and O–H groups in total. The van der Waals surface area contributed by atoms with E-state index in [0.717, 1.165) is 10.4 Å². The summed E-state index contributed by atoms with van der Waals surface area (Å²) in [5.74, 6) is 0.251. The lowest BCUT2D eigenvalue weighted by Crippen LogP contribution is -2.33. The maximum atomic E-state index is 10.9. The molecule has 11 nitrogen and oxygen atoms in total. The summed E-state index contributed by atoms with van der Waals surface area (Å²) in [5.41, 5.74) is 7.17. The van der Waals surface area contributed by atoms with Crippen LogP contribution in [0.4, 0.5) is 5.82 Å². The molecule has 3 aromatic rings. The van der Waals surface area contributed by atoms with Gasteiger partial charge in [0.25, 0.3) is 0 Å². The fraction of sp³-hybridized carbons (Fsp3) is 0.333. The molecule has 1 aliphatic heterocycles. The first-order valence-electron chi connectivity index (χ1n) is 8.13. The van der Waals surface area contributed by atoms with Gasteiger partial charge in [0, 0.05) is 16.6 Å². The van der Waals surface area contributed by atoms with E-state index in [-0.39, 0.29) is 5.82 Å². The third-order valence-electron chi connectivity index (χ3n) is 4.44. The second-order valence-electron chi connectivity index (χ2n) is 6.22. The van der Waals surface area contributed by atoms with E-state index in [4.69, 9.17) is 20.3 Å². The van der Waals surface area contributed by atoms with Gasteiger partial charge in [-0.15, -0.1) is 11.3 Å². The number of aliphatic hydroxyl groups excluding tert-OH is 2. The lowest BCUT2D eigenvalue weighted by atomic mass is 10.1. The van der Waals surface area contributed by atoms with Gasteiger partial charge in [0.1, 0.15) is 36.1 Å². The van der Waals surface area contributed by atoms with Crippen LogP contribution >= 0.6 is 19.2 Å². The van der Waals surface area contributed by atoms with Crippen molar-refractivity contribution in [2.24, 2.45) is 0 Å². The van der Waals surface area contributed by atoms with E-state index in [9.17, 15) is 14.8 Å². The Morgan fingerprint density at radius 2 is 2.11 bits per heavy atom. The van der Waals surface area contributed by atoms with Gasteiger partial charge >= 0.3 is 7.82 Å². The highest BCUT2D eigenvalue weighted by Gasteiger charge is 2.45. The largest absolute Gasteiger partial charge is 0.469 e. The molecule has 4 heterocycles. The smallest absolute Gasteiger partial charge is 0.387 e. The zero-order valence-electron chi connectivity index (χ0n) is 14.2. The summed E-state index contributed by atoms with van der Waals surface area (Å²) in [6, 6.07) is 3.77. The highest BCUT2D eigenvalue weighted by Crippen LogP contribution is 2.41. The van der Waals surface area contributed by atoms with Crippen LogP contribution in [0.15, 0.2) is 30.0 Å². The van der Waals surface area contributed by atoms with Gasteiger partial charge in [0.15, 0.2) is 6.23 Å². The van der Waals surface area contributed by atoms with Crippen LogP contribution in [0, 0.1) is 0 Å². The number of aromatic nitrogens is 3. The number of nitrogens with two attached hydrogens (primary N) is 1.